The Bertz CT molecular complexity index is 1090. The molecule has 0 amide bonds. The fraction of sp³-hybridized carbons (Fsp3) is 0.500. The predicted octanol–water partition coefficient (Wildman–Crippen LogP) is -3.57. The number of rotatable bonds is 12. The van der Waals surface area contributed by atoms with E-state index in [-0.39, 0.29) is 17.6 Å². The molecule has 7 N–H and O–H groups in total. The third-order valence-corrected chi connectivity index (χ3v) is 6.83. The van der Waals surface area contributed by atoms with E-state index in [1.165, 1.54) is 24.4 Å². The number of ether oxygens (including phenoxy) is 3. The predicted molar refractivity (Wildman–Crippen MR) is 131 cm³/mol. The number of aliphatic hydroxyl groups is 4. The minimum atomic E-state index is -1.72. The molecule has 3 aliphatic rings. The molecule has 3 heterocycles. The first-order chi connectivity index (χ1) is 19.0. The molecule has 3 aliphatic heterocycles. The van der Waals surface area contributed by atoms with Gasteiger partial charge in [0.25, 0.3) is 0 Å². The Morgan fingerprint density at radius 3 is 2.48 bits per heavy atom. The molecule has 14 heteroatoms. The van der Waals surface area contributed by atoms with E-state index < -0.39 is 73.3 Å². The van der Waals surface area contributed by atoms with Crippen LogP contribution in [0.5, 0.6) is 0 Å². The van der Waals surface area contributed by atoms with Gasteiger partial charge in [-0.3, -0.25) is 4.79 Å². The number of carboxylic acid groups (broad SMARTS) is 3. The van der Waals surface area contributed by atoms with Crippen LogP contribution in [0, 0.1) is 11.8 Å². The van der Waals surface area contributed by atoms with E-state index in [4.69, 9.17) is 19.3 Å². The van der Waals surface area contributed by atoms with Crippen LogP contribution in [0.3, 0.4) is 0 Å². The third kappa shape index (κ3) is 7.42. The van der Waals surface area contributed by atoms with Crippen LogP contribution in [0.2, 0.25) is 0 Å². The molecule has 14 nitrogen and oxygen atoms in total. The Hall–Kier alpha value is -3.37. The van der Waals surface area contributed by atoms with Gasteiger partial charge in [-0.25, -0.2) is 4.79 Å². The first-order valence-corrected chi connectivity index (χ1v) is 12.5. The van der Waals surface area contributed by atoms with E-state index in [9.17, 15) is 45.0 Å². The monoisotopic (exact) mass is 567 g/mol. The SMILES string of the molecule is C=CC1C(OC2OC(CO)C(O)C(O)C2O)OC=C(C(=O)O)C1C=CC1=CC(C(=O)[O-])=C[NH+](CCCC(=O)O)C1. The van der Waals surface area contributed by atoms with Gasteiger partial charge in [0.1, 0.15) is 37.2 Å². The van der Waals surface area contributed by atoms with E-state index in [2.05, 4.69) is 6.58 Å². The highest BCUT2D eigenvalue weighted by molar-refractivity contribution is 5.88. The number of quaternary nitrogens is 1. The summed E-state index contributed by atoms with van der Waals surface area (Å²) in [6.45, 7) is 3.69. The van der Waals surface area contributed by atoms with Crippen molar-refractivity contribution in [3.63, 3.8) is 0 Å². The van der Waals surface area contributed by atoms with Crippen LogP contribution in [-0.2, 0) is 28.6 Å². The normalized spacial score (nSPS) is 34.3. The summed E-state index contributed by atoms with van der Waals surface area (Å²) in [6.07, 6.45) is -0.675. The number of nitrogens with one attached hydrogen (secondary N) is 1. The van der Waals surface area contributed by atoms with Crippen LogP contribution in [0.15, 0.2) is 60.1 Å². The maximum Gasteiger partial charge on any atom is 0.335 e. The number of hydrogen-bond donors (Lipinski definition) is 7. The molecule has 0 bridgehead atoms. The molecule has 1 saturated heterocycles. The van der Waals surface area contributed by atoms with Gasteiger partial charge in [-0.2, -0.15) is 0 Å². The molecule has 220 valence electrons. The summed E-state index contributed by atoms with van der Waals surface area (Å²) >= 11 is 0. The smallest absolute Gasteiger partial charge is 0.335 e. The maximum atomic E-state index is 12.0. The highest BCUT2D eigenvalue weighted by Crippen LogP contribution is 2.36. The highest BCUT2D eigenvalue weighted by atomic mass is 16.8. The lowest BCUT2D eigenvalue weighted by Gasteiger charge is -2.42. The quantitative estimate of drug-likeness (QED) is 0.113. The van der Waals surface area contributed by atoms with Crippen LogP contribution >= 0.6 is 0 Å². The van der Waals surface area contributed by atoms with Gasteiger partial charge in [-0.15, -0.1) is 6.58 Å². The zero-order valence-electron chi connectivity index (χ0n) is 21.4. The largest absolute Gasteiger partial charge is 0.545 e. The summed E-state index contributed by atoms with van der Waals surface area (Å²) in [5, 5.41) is 70.0. The van der Waals surface area contributed by atoms with Gasteiger partial charge >= 0.3 is 11.9 Å². The molecule has 0 spiro atoms. The third-order valence-electron chi connectivity index (χ3n) is 6.83. The van der Waals surface area contributed by atoms with Crippen molar-refractivity contribution in [1.29, 1.82) is 0 Å². The van der Waals surface area contributed by atoms with E-state index in [0.717, 1.165) is 6.26 Å². The number of carboxylic acids is 3. The lowest BCUT2D eigenvalue weighted by Crippen LogP contribution is -3.08. The van der Waals surface area contributed by atoms with Crippen molar-refractivity contribution in [1.82, 2.24) is 0 Å². The van der Waals surface area contributed by atoms with E-state index >= 15 is 0 Å². The van der Waals surface area contributed by atoms with Gasteiger partial charge in [-0.1, -0.05) is 18.2 Å². The molecule has 0 radical (unpaired) electrons. The van der Waals surface area contributed by atoms with Crippen molar-refractivity contribution in [2.45, 2.75) is 49.8 Å². The molecule has 0 aromatic rings. The van der Waals surface area contributed by atoms with Crippen LogP contribution < -0.4 is 10.0 Å². The molecular weight excluding hydrogens is 534 g/mol. The maximum absolute atomic E-state index is 12.0. The second-order valence-electron chi connectivity index (χ2n) is 9.60. The summed E-state index contributed by atoms with van der Waals surface area (Å²) in [5.41, 5.74) is 0.228. The van der Waals surface area contributed by atoms with Crippen LogP contribution in [0.1, 0.15) is 12.8 Å². The van der Waals surface area contributed by atoms with Crippen molar-refractivity contribution < 1.29 is 69.2 Å². The fourth-order valence-corrected chi connectivity index (χ4v) is 4.71. The Balaban J connectivity index is 1.82. The number of aliphatic carboxylic acids is 3. The zero-order valence-corrected chi connectivity index (χ0v) is 21.4. The molecule has 0 aliphatic carbocycles. The van der Waals surface area contributed by atoms with Crippen molar-refractivity contribution in [2.24, 2.45) is 11.8 Å². The molecular formula is C26H33NO13. The molecule has 40 heavy (non-hydrogen) atoms. The van der Waals surface area contributed by atoms with Gasteiger partial charge in [0.2, 0.25) is 6.29 Å². The summed E-state index contributed by atoms with van der Waals surface area (Å²) in [6, 6.07) is 0. The standard InChI is InChI=1S/C26H33NO13/c1-2-15-16(6-5-13-8-14(23(34)35)10-27(9-13)7-3-4-19(29)30)17(24(36)37)12-38-25(15)40-26-22(33)21(32)20(31)18(11-28)39-26/h2,5-6,8,10,12,15-16,18,20-22,25-26,28,31-33H,1,3-4,7,9,11H2,(H,29,30)(H,34,35)(H,36,37). The number of hydrogen-bond acceptors (Lipinski definition) is 11. The second kappa shape index (κ2) is 13.8. The average molecular weight is 568 g/mol. The average Bonchev–Trinajstić information content (AvgIpc) is 2.91. The summed E-state index contributed by atoms with van der Waals surface area (Å²) in [4.78, 5) is 35.0. The Morgan fingerprint density at radius 1 is 1.15 bits per heavy atom. The van der Waals surface area contributed by atoms with E-state index in [1.54, 1.807) is 6.08 Å². The summed E-state index contributed by atoms with van der Waals surface area (Å²) in [7, 11) is 0. The summed E-state index contributed by atoms with van der Waals surface area (Å²) in [5.74, 6) is -5.48. The Morgan fingerprint density at radius 2 is 1.88 bits per heavy atom. The molecule has 0 aromatic heterocycles. The number of carbonyl (C=O) groups is 3. The van der Waals surface area contributed by atoms with Gasteiger partial charge in [0.05, 0.1) is 48.9 Å². The second-order valence-corrected chi connectivity index (χ2v) is 9.60. The van der Waals surface area contributed by atoms with Crippen LogP contribution in [0.4, 0.5) is 0 Å². The molecule has 0 aromatic carbocycles. The van der Waals surface area contributed by atoms with Crippen molar-refractivity contribution in [3.05, 3.63) is 60.1 Å². The highest BCUT2D eigenvalue weighted by Gasteiger charge is 2.47. The minimum Gasteiger partial charge on any atom is -0.545 e. The molecule has 9 atom stereocenters. The van der Waals surface area contributed by atoms with Crippen molar-refractivity contribution in [2.75, 3.05) is 19.7 Å². The first-order valence-electron chi connectivity index (χ1n) is 12.5. The topological polar surface area (TPSA) is 228 Å². The minimum absolute atomic E-state index is 0.0848. The first kappa shape index (κ1) is 31.2. The van der Waals surface area contributed by atoms with Gasteiger partial charge in [-0.05, 0) is 6.08 Å². The molecule has 1 fully saturated rings. The zero-order chi connectivity index (χ0) is 29.6. The molecule has 9 unspecified atom stereocenters. The molecule has 0 saturated carbocycles. The lowest BCUT2D eigenvalue weighted by molar-refractivity contribution is -0.842. The van der Waals surface area contributed by atoms with Crippen molar-refractivity contribution in [3.8, 4) is 0 Å². The van der Waals surface area contributed by atoms with Gasteiger partial charge < -0.3 is 59.7 Å². The van der Waals surface area contributed by atoms with Crippen molar-refractivity contribution >= 4 is 17.9 Å². The fourth-order valence-electron chi connectivity index (χ4n) is 4.71. The number of carbonyl (C=O) groups excluding carboxylic acids is 1. The van der Waals surface area contributed by atoms with E-state index in [1.807, 2.05) is 0 Å². The van der Waals surface area contributed by atoms with Crippen LogP contribution in [-0.4, -0.2) is 105 Å². The lowest BCUT2D eigenvalue weighted by atomic mass is 9.83. The molecule has 3 rings (SSSR count). The van der Waals surface area contributed by atoms with E-state index in [0.29, 0.717) is 30.0 Å². The van der Waals surface area contributed by atoms with Gasteiger partial charge in [0.15, 0.2) is 6.29 Å². The van der Waals surface area contributed by atoms with Crippen LogP contribution in [0.25, 0.3) is 0 Å². The number of aliphatic hydroxyl groups excluding tert-OH is 4. The Labute approximate surface area is 229 Å². The Kier molecular flexibility index (Phi) is 10.8. The number of allylic oxidation sites excluding steroid dienone is 1. The van der Waals surface area contributed by atoms with Gasteiger partial charge in [0, 0.05) is 17.9 Å². The summed E-state index contributed by atoms with van der Waals surface area (Å²) < 4.78 is 16.5.